The standard InChI is InChI=1S/C24H18N4O.C9H12O3S/c1-15(29)25-12-13-27-20-10-2-3-11-21(20)28-22(27)14-19-17-8-4-6-16-7-5-9-18(23(16)17)24(19)26-28;1-6-4-7(2)9(8(3)5-6)13(10,11)12/h2-11,14H,12-13H2,1H3;4-5H,1-3H3,(H,10,11,12). The van der Waals surface area contributed by atoms with E-state index in [0.717, 1.165) is 27.8 Å². The zero-order valence-corrected chi connectivity index (χ0v) is 24.6. The molecule has 42 heavy (non-hydrogen) atoms. The first-order valence-corrected chi connectivity index (χ1v) is 15.1. The molecule has 9 heteroatoms. The smallest absolute Gasteiger partial charge is 0.308 e. The van der Waals surface area contributed by atoms with Crippen LogP contribution in [0.15, 0.2) is 83.8 Å². The molecule has 0 spiro atoms. The Hall–Kier alpha value is -4.60. The molecule has 0 aliphatic rings. The summed E-state index contributed by atoms with van der Waals surface area (Å²) in [5, 5.41) is 14.1. The Morgan fingerprint density at radius 3 is 2.24 bits per heavy atom. The lowest BCUT2D eigenvalue weighted by atomic mass is 10.1. The van der Waals surface area contributed by atoms with Crippen molar-refractivity contribution >= 4 is 65.2 Å². The van der Waals surface area contributed by atoms with Gasteiger partial charge in [-0.3, -0.25) is 4.79 Å². The second kappa shape index (κ2) is 10.3. The molecule has 5 aromatic carbocycles. The van der Waals surface area contributed by atoms with Gasteiger partial charge in [0.05, 0.1) is 11.4 Å². The van der Waals surface area contributed by atoms with Crippen LogP contribution >= 0.6 is 0 Å². The molecule has 2 aromatic heterocycles. The Balaban J connectivity index is 0.000000206. The third kappa shape index (κ3) is 4.70. The lowest BCUT2D eigenvalue weighted by molar-refractivity contribution is -0.643. The van der Waals surface area contributed by atoms with E-state index < -0.39 is 10.1 Å². The average molecular weight is 579 g/mol. The van der Waals surface area contributed by atoms with Gasteiger partial charge in [-0.25, -0.2) is 13.0 Å². The van der Waals surface area contributed by atoms with Gasteiger partial charge in [0.25, 0.3) is 0 Å². The number of hydrogen-bond acceptors (Lipinski definition) is 5. The molecule has 0 saturated carbocycles. The summed E-state index contributed by atoms with van der Waals surface area (Å²) in [5.41, 5.74) is 6.23. The van der Waals surface area contributed by atoms with Crippen LogP contribution in [0.25, 0.3) is 49.1 Å². The van der Waals surface area contributed by atoms with E-state index in [2.05, 4.69) is 64.5 Å². The third-order valence-corrected chi connectivity index (χ3v) is 8.78. The van der Waals surface area contributed by atoms with Gasteiger partial charge in [-0.05, 0) is 60.2 Å². The molecule has 0 bridgehead atoms. The Morgan fingerprint density at radius 2 is 1.57 bits per heavy atom. The molecule has 0 aliphatic heterocycles. The van der Waals surface area contributed by atoms with Crippen molar-refractivity contribution in [2.24, 2.45) is 0 Å². The quantitative estimate of drug-likeness (QED) is 0.225. The summed E-state index contributed by atoms with van der Waals surface area (Å²) in [6, 6.07) is 26.8. The maximum absolute atomic E-state index is 11.3. The number of para-hydroxylation sites is 2. The molecule has 0 fully saturated rings. The molecular formula is C33H30N4O4S. The third-order valence-electron chi connectivity index (χ3n) is 7.64. The van der Waals surface area contributed by atoms with E-state index in [4.69, 9.17) is 5.10 Å². The van der Waals surface area contributed by atoms with Crippen molar-refractivity contribution in [1.29, 1.82) is 0 Å². The van der Waals surface area contributed by atoms with E-state index in [9.17, 15) is 17.8 Å². The highest BCUT2D eigenvalue weighted by Gasteiger charge is 2.23. The molecule has 0 unspecified atom stereocenters. The molecule has 1 N–H and O–H groups in total. The highest BCUT2D eigenvalue weighted by atomic mass is 32.2. The SMILES string of the molecule is CC(=O)NCC[n+]1c2ccccc2n2nc3c(cc21)c1cccc2cccc3c21.Cc1cc(C)c(S(=O)(=O)[O-])c(C)c1. The maximum atomic E-state index is 11.3. The monoisotopic (exact) mass is 578 g/mol. The van der Waals surface area contributed by atoms with Crippen LogP contribution in [-0.4, -0.2) is 35.0 Å². The first-order chi connectivity index (χ1) is 20.0. The minimum atomic E-state index is -4.33. The molecule has 2 heterocycles. The fraction of sp³-hybridized carbons (Fsp3) is 0.182. The minimum absolute atomic E-state index is 0.0143. The highest BCUT2D eigenvalue weighted by Crippen LogP contribution is 2.37. The number of imidazole rings is 1. The number of fused-ring (bicyclic) bond motifs is 6. The van der Waals surface area contributed by atoms with Gasteiger partial charge in [-0.15, -0.1) is 0 Å². The van der Waals surface area contributed by atoms with E-state index in [0.29, 0.717) is 24.2 Å². The number of rotatable bonds is 4. The fourth-order valence-electron chi connectivity index (χ4n) is 6.14. The number of aryl methyl sites for hydroxylation is 3. The van der Waals surface area contributed by atoms with E-state index in [1.165, 1.54) is 26.9 Å². The molecule has 0 radical (unpaired) electrons. The molecule has 212 valence electrons. The lowest BCUT2D eigenvalue weighted by Gasteiger charge is -2.14. The number of carbonyl (C=O) groups excluding carboxylic acids is 1. The van der Waals surface area contributed by atoms with Crippen LogP contribution < -0.4 is 9.88 Å². The molecule has 0 atom stereocenters. The van der Waals surface area contributed by atoms with Crippen molar-refractivity contribution < 1.29 is 22.3 Å². The van der Waals surface area contributed by atoms with Crippen LogP contribution in [0.5, 0.6) is 0 Å². The molecule has 0 aliphatic carbocycles. The van der Waals surface area contributed by atoms with E-state index >= 15 is 0 Å². The van der Waals surface area contributed by atoms with Crippen LogP contribution in [-0.2, 0) is 21.5 Å². The molecule has 0 saturated heterocycles. The summed E-state index contributed by atoms with van der Waals surface area (Å²) in [4.78, 5) is 11.3. The van der Waals surface area contributed by atoms with Gasteiger partial charge in [0.1, 0.15) is 22.2 Å². The predicted octanol–water partition coefficient (Wildman–Crippen LogP) is 5.32. The summed E-state index contributed by atoms with van der Waals surface area (Å²) in [6.45, 7) is 7.94. The second-order valence-electron chi connectivity index (χ2n) is 10.7. The number of hydrogen-bond donors (Lipinski definition) is 1. The first-order valence-electron chi connectivity index (χ1n) is 13.7. The van der Waals surface area contributed by atoms with Gasteiger partial charge in [0.15, 0.2) is 5.52 Å². The molecule has 7 rings (SSSR count). The Labute approximate surface area is 243 Å². The van der Waals surface area contributed by atoms with E-state index in [-0.39, 0.29) is 10.8 Å². The van der Waals surface area contributed by atoms with Gasteiger partial charge in [-0.1, -0.05) is 75.8 Å². The molecule has 7 aromatic rings. The minimum Gasteiger partial charge on any atom is -0.744 e. The average Bonchev–Trinajstić information content (AvgIpc) is 3.40. The number of benzene rings is 4. The van der Waals surface area contributed by atoms with E-state index in [1.54, 1.807) is 32.9 Å². The van der Waals surface area contributed by atoms with Gasteiger partial charge >= 0.3 is 5.65 Å². The summed E-state index contributed by atoms with van der Waals surface area (Å²) >= 11 is 0. The summed E-state index contributed by atoms with van der Waals surface area (Å²) in [6.07, 6.45) is 0. The van der Waals surface area contributed by atoms with Crippen molar-refractivity contribution in [3.8, 4) is 0 Å². The number of nitrogens with one attached hydrogen (secondary N) is 1. The van der Waals surface area contributed by atoms with E-state index in [1.807, 2.05) is 23.6 Å². The highest BCUT2D eigenvalue weighted by molar-refractivity contribution is 7.85. The molecule has 1 amide bonds. The van der Waals surface area contributed by atoms with Crippen LogP contribution in [0.4, 0.5) is 0 Å². The predicted molar refractivity (Wildman–Crippen MR) is 164 cm³/mol. The zero-order chi connectivity index (χ0) is 29.8. The fourth-order valence-corrected chi connectivity index (χ4v) is 7.04. The van der Waals surface area contributed by atoms with Crippen molar-refractivity contribution in [2.75, 3.05) is 6.54 Å². The Bertz CT molecular complexity index is 2240. The topological polar surface area (TPSA) is 107 Å². The van der Waals surface area contributed by atoms with Gasteiger partial charge < -0.3 is 9.87 Å². The van der Waals surface area contributed by atoms with Crippen LogP contribution in [0.2, 0.25) is 0 Å². The largest absolute Gasteiger partial charge is 0.744 e. The van der Waals surface area contributed by atoms with Gasteiger partial charge in [-0.2, -0.15) is 0 Å². The van der Waals surface area contributed by atoms with Crippen molar-refractivity contribution in [3.63, 3.8) is 0 Å². The summed E-state index contributed by atoms with van der Waals surface area (Å²) in [5.74, 6) is -0.0143. The first kappa shape index (κ1) is 27.6. The number of nitrogens with zero attached hydrogens (tertiary/aromatic N) is 3. The van der Waals surface area contributed by atoms with Crippen molar-refractivity contribution in [2.45, 2.75) is 39.1 Å². The Morgan fingerprint density at radius 1 is 0.905 bits per heavy atom. The van der Waals surface area contributed by atoms with Crippen LogP contribution in [0.1, 0.15) is 23.6 Å². The second-order valence-corrected chi connectivity index (χ2v) is 12.0. The number of amides is 1. The van der Waals surface area contributed by atoms with Gasteiger partial charge in [0, 0.05) is 23.8 Å². The van der Waals surface area contributed by atoms with Gasteiger partial charge in [0.2, 0.25) is 11.4 Å². The maximum Gasteiger partial charge on any atom is 0.308 e. The lowest BCUT2D eigenvalue weighted by Crippen LogP contribution is -2.40. The molecular weight excluding hydrogens is 548 g/mol. The Kier molecular flexibility index (Phi) is 6.79. The van der Waals surface area contributed by atoms with Crippen LogP contribution in [0.3, 0.4) is 0 Å². The van der Waals surface area contributed by atoms with Crippen LogP contribution in [0, 0.1) is 20.8 Å². The number of aromatic nitrogens is 3. The molecule has 8 nitrogen and oxygen atoms in total. The summed E-state index contributed by atoms with van der Waals surface area (Å²) < 4.78 is 36.8. The summed E-state index contributed by atoms with van der Waals surface area (Å²) in [7, 11) is -4.33. The normalized spacial score (nSPS) is 11.9. The number of carbonyl (C=O) groups is 1. The van der Waals surface area contributed by atoms with Crippen molar-refractivity contribution in [3.05, 3.63) is 95.6 Å². The zero-order valence-electron chi connectivity index (χ0n) is 23.8. The van der Waals surface area contributed by atoms with Crippen molar-refractivity contribution in [1.82, 2.24) is 14.9 Å².